The highest BCUT2D eigenvalue weighted by atomic mass is 16.5. The van der Waals surface area contributed by atoms with E-state index in [-0.39, 0.29) is 0 Å². The average Bonchev–Trinajstić information content (AvgIpc) is 3.16. The lowest BCUT2D eigenvalue weighted by Gasteiger charge is -2.20. The second-order valence-electron chi connectivity index (χ2n) is 5.67. The summed E-state index contributed by atoms with van der Waals surface area (Å²) in [5.74, 6) is 0.931. The van der Waals surface area contributed by atoms with Gasteiger partial charge in [0, 0.05) is 25.0 Å². The zero-order valence-electron chi connectivity index (χ0n) is 12.6. The third-order valence-corrected chi connectivity index (χ3v) is 4.15. The van der Waals surface area contributed by atoms with Crippen LogP contribution in [0, 0.1) is 0 Å². The molecule has 2 heterocycles. The van der Waals surface area contributed by atoms with E-state index < -0.39 is 0 Å². The van der Waals surface area contributed by atoms with Gasteiger partial charge in [-0.25, -0.2) is 4.68 Å². The lowest BCUT2D eigenvalue weighted by atomic mass is 10.2. The Balaban J connectivity index is 1.43. The highest BCUT2D eigenvalue weighted by Crippen LogP contribution is 2.17. The minimum absolute atomic E-state index is 0.748. The minimum Gasteiger partial charge on any atom is -0.494 e. The quantitative estimate of drug-likeness (QED) is 0.764. The molecule has 1 fully saturated rings. The Bertz CT molecular complexity index is 536. The van der Waals surface area contributed by atoms with Crippen molar-refractivity contribution in [3.05, 3.63) is 42.7 Å². The number of hydrogen-bond donors (Lipinski definition) is 0. The molecule has 0 radical (unpaired) electrons. The van der Waals surface area contributed by atoms with Crippen LogP contribution in [0.2, 0.25) is 0 Å². The third-order valence-electron chi connectivity index (χ3n) is 4.15. The summed E-state index contributed by atoms with van der Waals surface area (Å²) in [5.41, 5.74) is 1.05. The van der Waals surface area contributed by atoms with E-state index in [1.165, 1.54) is 19.4 Å². The van der Waals surface area contributed by atoms with Crippen molar-refractivity contribution >= 4 is 0 Å². The summed E-state index contributed by atoms with van der Waals surface area (Å²) in [6, 6.07) is 10.8. The first-order valence-electron chi connectivity index (χ1n) is 7.80. The number of nitrogens with zero attached hydrogens (tertiary/aromatic N) is 3. The van der Waals surface area contributed by atoms with Crippen LogP contribution < -0.4 is 4.74 Å². The summed E-state index contributed by atoms with van der Waals surface area (Å²) in [5, 5.41) is 4.21. The van der Waals surface area contributed by atoms with E-state index in [1.54, 1.807) is 6.20 Å². The largest absolute Gasteiger partial charge is 0.494 e. The van der Waals surface area contributed by atoms with E-state index in [9.17, 15) is 0 Å². The second kappa shape index (κ2) is 6.76. The van der Waals surface area contributed by atoms with Crippen molar-refractivity contribution in [3.63, 3.8) is 0 Å². The number of ether oxygens (including phenoxy) is 1. The average molecular weight is 285 g/mol. The summed E-state index contributed by atoms with van der Waals surface area (Å²) >= 11 is 0. The van der Waals surface area contributed by atoms with Crippen LogP contribution in [0.3, 0.4) is 0 Å². The Morgan fingerprint density at radius 1 is 1.29 bits per heavy atom. The minimum atomic E-state index is 0.748. The predicted octanol–water partition coefficient (Wildman–Crippen LogP) is 3.13. The van der Waals surface area contributed by atoms with Crippen LogP contribution in [0.4, 0.5) is 0 Å². The van der Waals surface area contributed by atoms with Crippen molar-refractivity contribution in [2.45, 2.75) is 32.2 Å². The Hall–Kier alpha value is -1.81. The van der Waals surface area contributed by atoms with Crippen LogP contribution in [0.15, 0.2) is 42.7 Å². The molecule has 0 bridgehead atoms. The van der Waals surface area contributed by atoms with Gasteiger partial charge in [-0.05, 0) is 63.1 Å². The zero-order valence-corrected chi connectivity index (χ0v) is 12.6. The number of rotatable bonds is 6. The van der Waals surface area contributed by atoms with Gasteiger partial charge in [-0.3, -0.25) is 0 Å². The van der Waals surface area contributed by atoms with E-state index in [4.69, 9.17) is 4.74 Å². The molecule has 1 aromatic carbocycles. The fraction of sp³-hybridized carbons (Fsp3) is 0.471. The lowest BCUT2D eigenvalue weighted by Crippen LogP contribution is -2.28. The summed E-state index contributed by atoms with van der Waals surface area (Å²) in [6.45, 7) is 5.50. The SMILES string of the molecule is C[C@H]1CCCN1CCCOc1ccc(-n2cccn2)cc1. The summed E-state index contributed by atoms with van der Waals surface area (Å²) in [7, 11) is 0. The second-order valence-corrected chi connectivity index (χ2v) is 5.67. The molecular weight excluding hydrogens is 262 g/mol. The normalized spacial score (nSPS) is 19.0. The summed E-state index contributed by atoms with van der Waals surface area (Å²) in [6.07, 6.45) is 7.49. The van der Waals surface area contributed by atoms with Crippen LogP contribution in [0.25, 0.3) is 5.69 Å². The highest BCUT2D eigenvalue weighted by molar-refractivity contribution is 5.36. The van der Waals surface area contributed by atoms with E-state index in [2.05, 4.69) is 16.9 Å². The maximum atomic E-state index is 5.82. The molecule has 3 rings (SSSR count). The van der Waals surface area contributed by atoms with Gasteiger partial charge in [-0.1, -0.05) is 0 Å². The molecule has 4 heteroatoms. The molecule has 1 aliphatic rings. The van der Waals surface area contributed by atoms with Crippen LogP contribution >= 0.6 is 0 Å². The zero-order chi connectivity index (χ0) is 14.5. The molecule has 112 valence electrons. The molecule has 1 aliphatic heterocycles. The van der Waals surface area contributed by atoms with Gasteiger partial charge >= 0.3 is 0 Å². The molecule has 0 aliphatic carbocycles. The van der Waals surface area contributed by atoms with Gasteiger partial charge in [-0.15, -0.1) is 0 Å². The predicted molar refractivity (Wildman–Crippen MR) is 83.9 cm³/mol. The van der Waals surface area contributed by atoms with Crippen molar-refractivity contribution in [2.75, 3.05) is 19.7 Å². The molecule has 0 saturated carbocycles. The number of benzene rings is 1. The first-order valence-corrected chi connectivity index (χ1v) is 7.80. The highest BCUT2D eigenvalue weighted by Gasteiger charge is 2.18. The standard InChI is InChI=1S/C17H23N3O/c1-15-5-2-11-19(15)12-4-14-21-17-8-6-16(7-9-17)20-13-3-10-18-20/h3,6-10,13,15H,2,4-5,11-12,14H2,1H3/t15-/m0/s1. The smallest absolute Gasteiger partial charge is 0.119 e. The van der Waals surface area contributed by atoms with E-state index in [0.29, 0.717) is 0 Å². The van der Waals surface area contributed by atoms with E-state index in [0.717, 1.165) is 37.1 Å². The molecule has 0 amide bonds. The maximum Gasteiger partial charge on any atom is 0.119 e. The van der Waals surface area contributed by atoms with Gasteiger partial charge < -0.3 is 9.64 Å². The summed E-state index contributed by atoms with van der Waals surface area (Å²) < 4.78 is 7.66. The van der Waals surface area contributed by atoms with Gasteiger partial charge in [-0.2, -0.15) is 5.10 Å². The van der Waals surface area contributed by atoms with Crippen LogP contribution in [0.5, 0.6) is 5.75 Å². The third kappa shape index (κ3) is 3.64. The monoisotopic (exact) mass is 285 g/mol. The van der Waals surface area contributed by atoms with Crippen LogP contribution in [0.1, 0.15) is 26.2 Å². The first-order chi connectivity index (χ1) is 10.3. The molecule has 2 aromatic rings. The fourth-order valence-electron chi connectivity index (χ4n) is 2.90. The van der Waals surface area contributed by atoms with Gasteiger partial charge in [0.2, 0.25) is 0 Å². The van der Waals surface area contributed by atoms with Gasteiger partial charge in [0.1, 0.15) is 5.75 Å². The topological polar surface area (TPSA) is 30.3 Å². The number of hydrogen-bond acceptors (Lipinski definition) is 3. The summed E-state index contributed by atoms with van der Waals surface area (Å²) in [4.78, 5) is 2.56. The molecule has 1 saturated heterocycles. The van der Waals surface area contributed by atoms with Crippen molar-refractivity contribution in [1.82, 2.24) is 14.7 Å². The Labute approximate surface area is 126 Å². The molecular formula is C17H23N3O. The van der Waals surface area contributed by atoms with E-state index in [1.807, 2.05) is 41.2 Å². The Kier molecular flexibility index (Phi) is 4.55. The fourth-order valence-corrected chi connectivity index (χ4v) is 2.90. The number of aromatic nitrogens is 2. The maximum absolute atomic E-state index is 5.82. The first kappa shape index (κ1) is 14.1. The number of likely N-dealkylation sites (tertiary alicyclic amines) is 1. The molecule has 0 spiro atoms. The molecule has 0 unspecified atom stereocenters. The Morgan fingerprint density at radius 3 is 2.81 bits per heavy atom. The van der Waals surface area contributed by atoms with Crippen LogP contribution in [-0.4, -0.2) is 40.4 Å². The van der Waals surface area contributed by atoms with Crippen LogP contribution in [-0.2, 0) is 0 Å². The van der Waals surface area contributed by atoms with E-state index >= 15 is 0 Å². The van der Waals surface area contributed by atoms with Crippen molar-refractivity contribution in [2.24, 2.45) is 0 Å². The van der Waals surface area contributed by atoms with Crippen molar-refractivity contribution in [3.8, 4) is 11.4 Å². The van der Waals surface area contributed by atoms with Gasteiger partial charge in [0.25, 0.3) is 0 Å². The lowest BCUT2D eigenvalue weighted by molar-refractivity contribution is 0.230. The van der Waals surface area contributed by atoms with Crippen molar-refractivity contribution < 1.29 is 4.74 Å². The molecule has 1 atom stereocenters. The van der Waals surface area contributed by atoms with Crippen molar-refractivity contribution in [1.29, 1.82) is 0 Å². The van der Waals surface area contributed by atoms with Gasteiger partial charge in [0.05, 0.1) is 12.3 Å². The molecule has 0 N–H and O–H groups in total. The van der Waals surface area contributed by atoms with Gasteiger partial charge in [0.15, 0.2) is 0 Å². The Morgan fingerprint density at radius 2 is 2.14 bits per heavy atom. The molecule has 4 nitrogen and oxygen atoms in total. The molecule has 21 heavy (non-hydrogen) atoms. The molecule has 1 aromatic heterocycles.